The van der Waals surface area contributed by atoms with Crippen molar-refractivity contribution in [3.8, 4) is 0 Å². The van der Waals surface area contributed by atoms with Crippen molar-refractivity contribution in [1.29, 1.82) is 0 Å². The summed E-state index contributed by atoms with van der Waals surface area (Å²) >= 11 is 1.93. The quantitative estimate of drug-likeness (QED) is 0.812. The molecule has 0 spiro atoms. The van der Waals surface area contributed by atoms with Crippen molar-refractivity contribution in [2.24, 2.45) is 0 Å². The molecular formula is C14H23Cl3N4OS. The molecule has 0 aromatic carbocycles. The van der Waals surface area contributed by atoms with Gasteiger partial charge in [0.2, 0.25) is 5.91 Å². The van der Waals surface area contributed by atoms with Crippen molar-refractivity contribution in [1.82, 2.24) is 15.2 Å². The fourth-order valence-corrected chi connectivity index (χ4v) is 3.60. The molecule has 3 rings (SSSR count). The molecule has 1 aromatic rings. The summed E-state index contributed by atoms with van der Waals surface area (Å²) in [5.41, 5.74) is 0. The van der Waals surface area contributed by atoms with Gasteiger partial charge < -0.3 is 15.5 Å². The van der Waals surface area contributed by atoms with Gasteiger partial charge in [0.05, 0.1) is 6.04 Å². The predicted molar refractivity (Wildman–Crippen MR) is 104 cm³/mol. The number of carbonyl (C=O) groups excluding carboxylic acids is 1. The van der Waals surface area contributed by atoms with Crippen LogP contribution in [0.25, 0.3) is 0 Å². The lowest BCUT2D eigenvalue weighted by Crippen LogP contribution is -2.46. The Morgan fingerprint density at radius 3 is 2.65 bits per heavy atom. The molecule has 1 aromatic heterocycles. The molecule has 2 aliphatic rings. The minimum Gasteiger partial charge on any atom is -0.366 e. The number of nitrogens with one attached hydrogen (secondary N) is 2. The van der Waals surface area contributed by atoms with E-state index in [9.17, 15) is 4.79 Å². The Hall–Kier alpha value is -0.400. The van der Waals surface area contributed by atoms with Crippen molar-refractivity contribution in [3.05, 3.63) is 24.4 Å². The lowest BCUT2D eigenvalue weighted by Gasteiger charge is -2.28. The van der Waals surface area contributed by atoms with Crippen molar-refractivity contribution < 1.29 is 4.79 Å². The van der Waals surface area contributed by atoms with Crippen LogP contribution in [0.2, 0.25) is 0 Å². The number of aromatic nitrogens is 1. The molecule has 3 heterocycles. The van der Waals surface area contributed by atoms with Gasteiger partial charge in [0, 0.05) is 43.4 Å². The van der Waals surface area contributed by atoms with Gasteiger partial charge in [-0.2, -0.15) is 11.8 Å². The van der Waals surface area contributed by atoms with E-state index >= 15 is 0 Å². The maximum atomic E-state index is 12.4. The van der Waals surface area contributed by atoms with Crippen molar-refractivity contribution >= 4 is 60.7 Å². The van der Waals surface area contributed by atoms with Crippen LogP contribution < -0.4 is 10.6 Å². The molecule has 132 valence electrons. The standard InChI is InChI=1S/C14H20N4OS.3ClH/c19-14(18-5-7-20-8-6-18)12-9-11(10-16-12)17-13-3-1-2-4-15-13;;;/h1-4,11-12,16H,5-10H2,(H,15,17);3*1H/t11-,12-;;;/m0.../s1. The maximum Gasteiger partial charge on any atom is 0.239 e. The molecule has 2 saturated heterocycles. The Morgan fingerprint density at radius 1 is 1.26 bits per heavy atom. The van der Waals surface area contributed by atoms with E-state index in [-0.39, 0.29) is 55.2 Å². The lowest BCUT2D eigenvalue weighted by molar-refractivity contribution is -0.132. The highest BCUT2D eigenvalue weighted by Crippen LogP contribution is 2.16. The van der Waals surface area contributed by atoms with Crippen LogP contribution in [0.4, 0.5) is 5.82 Å². The number of halogens is 3. The van der Waals surface area contributed by atoms with Crippen LogP contribution in [0.1, 0.15) is 6.42 Å². The minimum absolute atomic E-state index is 0. The summed E-state index contributed by atoms with van der Waals surface area (Å²) in [6.07, 6.45) is 2.61. The van der Waals surface area contributed by atoms with Crippen LogP contribution >= 0.6 is 49.0 Å². The molecule has 9 heteroatoms. The number of hydrogen-bond donors (Lipinski definition) is 2. The topological polar surface area (TPSA) is 57.3 Å². The van der Waals surface area contributed by atoms with Crippen molar-refractivity contribution in [2.75, 3.05) is 36.5 Å². The van der Waals surface area contributed by atoms with E-state index < -0.39 is 0 Å². The number of hydrogen-bond acceptors (Lipinski definition) is 5. The molecule has 2 atom stereocenters. The van der Waals surface area contributed by atoms with Crippen molar-refractivity contribution in [2.45, 2.75) is 18.5 Å². The van der Waals surface area contributed by atoms with Gasteiger partial charge in [0.25, 0.3) is 0 Å². The van der Waals surface area contributed by atoms with E-state index in [1.807, 2.05) is 34.9 Å². The third-order valence-corrected chi connectivity index (χ3v) is 4.71. The number of carbonyl (C=O) groups is 1. The molecule has 2 N–H and O–H groups in total. The molecule has 2 aliphatic heterocycles. The second-order valence-corrected chi connectivity index (χ2v) is 6.42. The summed E-state index contributed by atoms with van der Waals surface area (Å²) in [6.45, 7) is 2.59. The van der Waals surface area contributed by atoms with Gasteiger partial charge in [-0.1, -0.05) is 6.07 Å². The molecule has 5 nitrogen and oxygen atoms in total. The normalized spacial score (nSPS) is 23.0. The SMILES string of the molecule is Cl.Cl.Cl.O=C([C@@H]1C[C@H](Nc2ccccn2)CN1)N1CCSCC1. The molecule has 0 radical (unpaired) electrons. The van der Waals surface area contributed by atoms with Crippen LogP contribution in [0.5, 0.6) is 0 Å². The van der Waals surface area contributed by atoms with Crippen LogP contribution in [-0.2, 0) is 4.79 Å². The average Bonchev–Trinajstić information content (AvgIpc) is 2.97. The zero-order chi connectivity index (χ0) is 13.8. The predicted octanol–water partition coefficient (Wildman–Crippen LogP) is 2.06. The van der Waals surface area contributed by atoms with Crippen LogP contribution in [-0.4, -0.2) is 59.0 Å². The highest BCUT2D eigenvalue weighted by atomic mass is 35.5. The number of anilines is 1. The number of rotatable bonds is 3. The largest absolute Gasteiger partial charge is 0.366 e. The summed E-state index contributed by atoms with van der Waals surface area (Å²) in [5, 5.41) is 6.72. The first kappa shape index (κ1) is 22.6. The second kappa shape index (κ2) is 11.2. The second-order valence-electron chi connectivity index (χ2n) is 5.19. The molecule has 0 aliphatic carbocycles. The fourth-order valence-electron chi connectivity index (χ4n) is 2.70. The third-order valence-electron chi connectivity index (χ3n) is 3.77. The van der Waals surface area contributed by atoms with Gasteiger partial charge in [-0.25, -0.2) is 4.98 Å². The maximum absolute atomic E-state index is 12.4. The zero-order valence-corrected chi connectivity index (χ0v) is 15.9. The van der Waals surface area contributed by atoms with Crippen LogP contribution in [0.15, 0.2) is 24.4 Å². The van der Waals surface area contributed by atoms with Gasteiger partial charge >= 0.3 is 0 Å². The average molecular weight is 402 g/mol. The Labute approximate surface area is 160 Å². The van der Waals surface area contributed by atoms with Gasteiger partial charge in [-0.3, -0.25) is 4.79 Å². The molecule has 0 bridgehead atoms. The van der Waals surface area contributed by atoms with Crippen LogP contribution in [0, 0.1) is 0 Å². The number of nitrogens with zero attached hydrogens (tertiary/aromatic N) is 2. The van der Waals surface area contributed by atoms with Gasteiger partial charge in [0.15, 0.2) is 0 Å². The van der Waals surface area contributed by atoms with Crippen molar-refractivity contribution in [3.63, 3.8) is 0 Å². The van der Waals surface area contributed by atoms with E-state index in [1.165, 1.54) is 0 Å². The van der Waals surface area contributed by atoms with E-state index in [4.69, 9.17) is 0 Å². The monoisotopic (exact) mass is 400 g/mol. The molecular weight excluding hydrogens is 379 g/mol. The zero-order valence-electron chi connectivity index (χ0n) is 12.6. The molecule has 0 saturated carbocycles. The summed E-state index contributed by atoms with van der Waals surface area (Å²) < 4.78 is 0. The minimum atomic E-state index is -0.0423. The summed E-state index contributed by atoms with van der Waals surface area (Å²) in [5.74, 6) is 3.26. The molecule has 23 heavy (non-hydrogen) atoms. The summed E-state index contributed by atoms with van der Waals surface area (Å²) in [7, 11) is 0. The Morgan fingerprint density at radius 2 is 2.00 bits per heavy atom. The van der Waals surface area contributed by atoms with Gasteiger partial charge in [-0.05, 0) is 18.6 Å². The van der Waals surface area contributed by atoms with Gasteiger partial charge in [0.1, 0.15) is 5.82 Å². The fraction of sp³-hybridized carbons (Fsp3) is 0.571. The van der Waals surface area contributed by atoms with Crippen LogP contribution in [0.3, 0.4) is 0 Å². The first-order valence-corrected chi connectivity index (χ1v) is 8.26. The highest BCUT2D eigenvalue weighted by molar-refractivity contribution is 7.99. The highest BCUT2D eigenvalue weighted by Gasteiger charge is 2.32. The smallest absolute Gasteiger partial charge is 0.239 e. The number of thioether (sulfide) groups is 1. The number of amides is 1. The lowest BCUT2D eigenvalue weighted by atomic mass is 10.1. The molecule has 1 amide bonds. The third kappa shape index (κ3) is 6.19. The first-order chi connectivity index (χ1) is 9.83. The van der Waals surface area contributed by atoms with Gasteiger partial charge in [-0.15, -0.1) is 37.2 Å². The Bertz CT molecular complexity index is 463. The van der Waals surface area contributed by atoms with E-state index in [0.29, 0.717) is 0 Å². The first-order valence-electron chi connectivity index (χ1n) is 7.10. The Balaban J connectivity index is 0.00000161. The molecule has 0 unspecified atom stereocenters. The Kier molecular flexibility index (Phi) is 11.0. The van der Waals surface area contributed by atoms with E-state index in [1.54, 1.807) is 6.20 Å². The summed E-state index contributed by atoms with van der Waals surface area (Å²) in [4.78, 5) is 18.7. The number of pyridine rings is 1. The van der Waals surface area contributed by atoms with E-state index in [2.05, 4.69) is 15.6 Å². The summed E-state index contributed by atoms with van der Waals surface area (Å²) in [6, 6.07) is 6.05. The van der Waals surface area contributed by atoms with E-state index in [0.717, 1.165) is 43.4 Å². The molecule has 2 fully saturated rings.